The molecule has 1 aromatic heterocycles. The number of hydrogen-bond acceptors (Lipinski definition) is 4. The Labute approximate surface area is 199 Å². The van der Waals surface area contributed by atoms with Gasteiger partial charge in [-0.3, -0.25) is 4.79 Å². The summed E-state index contributed by atoms with van der Waals surface area (Å²) in [7, 11) is 0. The van der Waals surface area contributed by atoms with E-state index < -0.39 is 0 Å². The van der Waals surface area contributed by atoms with E-state index in [1.165, 1.54) is 10.8 Å². The van der Waals surface area contributed by atoms with E-state index in [9.17, 15) is 4.79 Å². The number of furan rings is 1. The predicted molar refractivity (Wildman–Crippen MR) is 136 cm³/mol. The minimum Gasteiger partial charge on any atom is -0.493 e. The first-order valence-corrected chi connectivity index (χ1v) is 11.8. The minimum atomic E-state index is 0.00229. The molecule has 4 aromatic rings. The van der Waals surface area contributed by atoms with Gasteiger partial charge >= 0.3 is 0 Å². The van der Waals surface area contributed by atoms with Gasteiger partial charge in [-0.2, -0.15) is 0 Å². The Balaban J connectivity index is 1.66. The molecule has 0 bridgehead atoms. The van der Waals surface area contributed by atoms with Gasteiger partial charge < -0.3 is 18.8 Å². The summed E-state index contributed by atoms with van der Waals surface area (Å²) in [5.74, 6) is 0.764. The highest BCUT2D eigenvalue weighted by atomic mass is 16.5. The summed E-state index contributed by atoms with van der Waals surface area (Å²) in [5.41, 5.74) is 5.69. The van der Waals surface area contributed by atoms with E-state index in [2.05, 4.69) is 48.5 Å². The molecule has 5 rings (SSSR count). The van der Waals surface area contributed by atoms with Crippen molar-refractivity contribution < 1.29 is 18.7 Å². The Bertz CT molecular complexity index is 1390. The van der Waals surface area contributed by atoms with E-state index in [0.29, 0.717) is 32.9 Å². The van der Waals surface area contributed by atoms with Crippen LogP contribution in [0.1, 0.15) is 25.0 Å². The third-order valence-corrected chi connectivity index (χ3v) is 6.50. The van der Waals surface area contributed by atoms with Gasteiger partial charge in [0.05, 0.1) is 26.1 Å². The van der Waals surface area contributed by atoms with E-state index in [-0.39, 0.29) is 5.91 Å². The first kappa shape index (κ1) is 22.2. The van der Waals surface area contributed by atoms with Crippen LogP contribution >= 0.6 is 0 Å². The maximum Gasteiger partial charge on any atom is 0.247 e. The lowest BCUT2D eigenvalue weighted by molar-refractivity contribution is -0.129. The molecular weight excluding hydrogens is 426 g/mol. The van der Waals surface area contributed by atoms with Crippen LogP contribution in [0.15, 0.2) is 65.3 Å². The van der Waals surface area contributed by atoms with E-state index >= 15 is 0 Å². The summed E-state index contributed by atoms with van der Waals surface area (Å²) in [6.45, 7) is 8.88. The average Bonchev–Trinajstić information content (AvgIpc) is 3.30. The van der Waals surface area contributed by atoms with Gasteiger partial charge in [0, 0.05) is 41.2 Å². The third-order valence-electron chi connectivity index (χ3n) is 6.50. The standard InChI is InChI=1S/C29H29NO4/c1-4-33-28-20(3)29-25(17-24(28)19(2)16-27(31)30-12-14-32-15-13-30)26(18-34-29)23-11-7-9-21-8-5-6-10-22(21)23/h5-11,16-18H,4,12-15H2,1-3H3/b19-16+. The molecule has 5 heteroatoms. The van der Waals surface area contributed by atoms with Crippen molar-refractivity contribution in [3.05, 3.63) is 72.0 Å². The van der Waals surface area contributed by atoms with E-state index in [0.717, 1.165) is 44.5 Å². The number of morpholine rings is 1. The molecule has 1 aliphatic rings. The van der Waals surface area contributed by atoms with Gasteiger partial charge in [0.25, 0.3) is 0 Å². The van der Waals surface area contributed by atoms with Crippen molar-refractivity contribution in [2.24, 2.45) is 0 Å². The third kappa shape index (κ3) is 3.97. The van der Waals surface area contributed by atoms with Gasteiger partial charge in [-0.05, 0) is 48.7 Å². The molecular formula is C29H29NO4. The van der Waals surface area contributed by atoms with Gasteiger partial charge in [-0.1, -0.05) is 42.5 Å². The summed E-state index contributed by atoms with van der Waals surface area (Å²) in [6, 6.07) is 16.8. The topological polar surface area (TPSA) is 51.9 Å². The van der Waals surface area contributed by atoms with E-state index in [1.54, 1.807) is 6.08 Å². The summed E-state index contributed by atoms with van der Waals surface area (Å²) >= 11 is 0. The van der Waals surface area contributed by atoms with Crippen LogP contribution in [0, 0.1) is 6.92 Å². The summed E-state index contributed by atoms with van der Waals surface area (Å²) < 4.78 is 17.5. The molecule has 5 nitrogen and oxygen atoms in total. The quantitative estimate of drug-likeness (QED) is 0.335. The molecule has 2 heterocycles. The molecule has 0 N–H and O–H groups in total. The second kappa shape index (κ2) is 9.35. The van der Waals surface area contributed by atoms with Crippen molar-refractivity contribution in [1.82, 2.24) is 4.90 Å². The Kier molecular flexibility index (Phi) is 6.12. The molecule has 0 spiro atoms. The summed E-state index contributed by atoms with van der Waals surface area (Å²) in [5, 5.41) is 3.37. The Morgan fingerprint density at radius 2 is 1.82 bits per heavy atom. The number of amides is 1. The molecule has 0 unspecified atom stereocenters. The molecule has 0 atom stereocenters. The zero-order chi connectivity index (χ0) is 23.7. The van der Waals surface area contributed by atoms with Crippen LogP contribution in [0.4, 0.5) is 0 Å². The van der Waals surface area contributed by atoms with Crippen molar-refractivity contribution in [1.29, 1.82) is 0 Å². The number of rotatable bonds is 5. The number of carbonyl (C=O) groups excluding carboxylic acids is 1. The van der Waals surface area contributed by atoms with Crippen LogP contribution in [0.25, 0.3) is 38.4 Å². The van der Waals surface area contributed by atoms with Gasteiger partial charge in [-0.15, -0.1) is 0 Å². The fraction of sp³-hybridized carbons (Fsp3) is 0.276. The highest BCUT2D eigenvalue weighted by Gasteiger charge is 2.21. The highest BCUT2D eigenvalue weighted by Crippen LogP contribution is 2.42. The van der Waals surface area contributed by atoms with Crippen LogP contribution in [0.3, 0.4) is 0 Å². The molecule has 1 fully saturated rings. The van der Waals surface area contributed by atoms with Gasteiger partial charge in [0.2, 0.25) is 5.91 Å². The fourth-order valence-corrected chi connectivity index (χ4v) is 4.75. The zero-order valence-corrected chi connectivity index (χ0v) is 19.9. The van der Waals surface area contributed by atoms with Crippen LogP contribution in [0.5, 0.6) is 5.75 Å². The van der Waals surface area contributed by atoms with Crippen LogP contribution in [0.2, 0.25) is 0 Å². The number of aryl methyl sites for hydroxylation is 1. The first-order valence-electron chi connectivity index (χ1n) is 11.8. The Morgan fingerprint density at radius 3 is 2.62 bits per heavy atom. The Hall–Kier alpha value is -3.57. The molecule has 1 amide bonds. The SMILES string of the molecule is CCOc1c(/C(C)=C/C(=O)N2CCOCC2)cc2c(-c3cccc4ccccc34)coc2c1C. The number of benzene rings is 3. The van der Waals surface area contributed by atoms with E-state index in [1.807, 2.05) is 31.9 Å². The summed E-state index contributed by atoms with van der Waals surface area (Å²) in [4.78, 5) is 14.8. The van der Waals surface area contributed by atoms with Crippen molar-refractivity contribution in [2.45, 2.75) is 20.8 Å². The second-order valence-electron chi connectivity index (χ2n) is 8.63. The monoisotopic (exact) mass is 455 g/mol. The molecule has 3 aromatic carbocycles. The molecule has 0 radical (unpaired) electrons. The number of hydrogen-bond donors (Lipinski definition) is 0. The first-order chi connectivity index (χ1) is 16.6. The number of ether oxygens (including phenoxy) is 2. The van der Waals surface area contributed by atoms with Crippen LogP contribution in [-0.2, 0) is 9.53 Å². The number of carbonyl (C=O) groups is 1. The van der Waals surface area contributed by atoms with Crippen molar-refractivity contribution in [3.8, 4) is 16.9 Å². The molecule has 34 heavy (non-hydrogen) atoms. The van der Waals surface area contributed by atoms with Crippen molar-refractivity contribution in [3.63, 3.8) is 0 Å². The molecule has 0 aliphatic carbocycles. The Morgan fingerprint density at radius 1 is 1.06 bits per heavy atom. The van der Waals surface area contributed by atoms with Crippen LogP contribution in [-0.4, -0.2) is 43.7 Å². The van der Waals surface area contributed by atoms with Gasteiger partial charge in [-0.25, -0.2) is 0 Å². The van der Waals surface area contributed by atoms with Crippen molar-refractivity contribution in [2.75, 3.05) is 32.9 Å². The molecule has 0 saturated carbocycles. The molecule has 174 valence electrons. The summed E-state index contributed by atoms with van der Waals surface area (Å²) in [6.07, 6.45) is 3.54. The van der Waals surface area contributed by atoms with E-state index in [4.69, 9.17) is 13.9 Å². The average molecular weight is 456 g/mol. The van der Waals surface area contributed by atoms with Crippen LogP contribution < -0.4 is 4.74 Å². The number of fused-ring (bicyclic) bond motifs is 2. The van der Waals surface area contributed by atoms with Gasteiger partial charge in [0.1, 0.15) is 11.3 Å². The smallest absolute Gasteiger partial charge is 0.247 e. The lowest BCUT2D eigenvalue weighted by Gasteiger charge is -2.26. The van der Waals surface area contributed by atoms with Gasteiger partial charge in [0.15, 0.2) is 0 Å². The normalized spacial score (nSPS) is 14.7. The number of nitrogens with zero attached hydrogens (tertiary/aromatic N) is 1. The lowest BCUT2D eigenvalue weighted by atomic mass is 9.94. The van der Waals surface area contributed by atoms with Crippen molar-refractivity contribution >= 4 is 33.2 Å². The minimum absolute atomic E-state index is 0.00229. The maximum atomic E-state index is 12.9. The molecule has 1 saturated heterocycles. The zero-order valence-electron chi connectivity index (χ0n) is 19.9. The maximum absolute atomic E-state index is 12.9. The molecule has 1 aliphatic heterocycles. The lowest BCUT2D eigenvalue weighted by Crippen LogP contribution is -2.39. The second-order valence-corrected chi connectivity index (χ2v) is 8.63. The number of allylic oxidation sites excluding steroid dienone is 1. The fourth-order valence-electron chi connectivity index (χ4n) is 4.75. The largest absolute Gasteiger partial charge is 0.493 e. The predicted octanol–water partition coefficient (Wildman–Crippen LogP) is 6.22. The highest BCUT2D eigenvalue weighted by molar-refractivity contribution is 6.07.